The van der Waals surface area contributed by atoms with Gasteiger partial charge in [0, 0.05) is 12.6 Å². The second-order valence-electron chi connectivity index (χ2n) is 3.63. The Labute approximate surface area is 72.7 Å². The van der Waals surface area contributed by atoms with E-state index in [1.807, 2.05) is 7.05 Å². The minimum Gasteiger partial charge on any atom is -0.366 e. The molecule has 2 aliphatic carbocycles. The van der Waals surface area contributed by atoms with Crippen molar-refractivity contribution in [1.29, 1.82) is 0 Å². The van der Waals surface area contributed by atoms with Crippen molar-refractivity contribution in [3.8, 4) is 0 Å². The Bertz CT molecular complexity index is 183. The van der Waals surface area contributed by atoms with Crippen LogP contribution in [0.5, 0.6) is 0 Å². The maximum atomic E-state index is 5.07. The van der Waals surface area contributed by atoms with E-state index >= 15 is 0 Å². The van der Waals surface area contributed by atoms with Gasteiger partial charge in [0.05, 0.1) is 0 Å². The summed E-state index contributed by atoms with van der Waals surface area (Å²) >= 11 is 5.07. The minimum atomic E-state index is 0.431. The normalized spacial score (nSPS) is 25.9. The summed E-state index contributed by atoms with van der Waals surface area (Å²) in [7, 11) is 1.87. The molecule has 0 amide bonds. The van der Waals surface area contributed by atoms with Crippen LogP contribution < -0.4 is 10.6 Å². The van der Waals surface area contributed by atoms with Gasteiger partial charge in [0.25, 0.3) is 0 Å². The monoisotopic (exact) mass is 170 g/mol. The summed E-state index contributed by atoms with van der Waals surface area (Å²) in [5.74, 6) is 0.925. The highest BCUT2D eigenvalue weighted by Gasteiger charge is 2.54. The van der Waals surface area contributed by atoms with Crippen LogP contribution in [0, 0.1) is 5.92 Å². The van der Waals surface area contributed by atoms with E-state index in [9.17, 15) is 0 Å². The first-order chi connectivity index (χ1) is 5.27. The van der Waals surface area contributed by atoms with Crippen molar-refractivity contribution in [2.75, 3.05) is 7.05 Å². The van der Waals surface area contributed by atoms with E-state index in [2.05, 4.69) is 10.6 Å². The van der Waals surface area contributed by atoms with Crippen LogP contribution in [0.1, 0.15) is 25.7 Å². The third-order valence-corrected chi connectivity index (χ3v) is 3.04. The molecule has 11 heavy (non-hydrogen) atoms. The van der Waals surface area contributed by atoms with Gasteiger partial charge in [-0.25, -0.2) is 0 Å². The molecule has 2 nitrogen and oxygen atoms in total. The molecule has 2 aliphatic rings. The van der Waals surface area contributed by atoms with Gasteiger partial charge in [-0.15, -0.1) is 0 Å². The summed E-state index contributed by atoms with van der Waals surface area (Å²) in [5.41, 5.74) is 0.431. The molecular formula is C8H14N2S. The molecular weight excluding hydrogens is 156 g/mol. The van der Waals surface area contributed by atoms with Gasteiger partial charge in [-0.05, 0) is 43.8 Å². The first-order valence-electron chi connectivity index (χ1n) is 4.27. The van der Waals surface area contributed by atoms with Crippen LogP contribution in [0.15, 0.2) is 0 Å². The van der Waals surface area contributed by atoms with Crippen LogP contribution in [0.4, 0.5) is 0 Å². The molecule has 0 saturated heterocycles. The average Bonchev–Trinajstić information content (AvgIpc) is 2.81. The van der Waals surface area contributed by atoms with Gasteiger partial charge in [0.1, 0.15) is 0 Å². The molecule has 0 aromatic carbocycles. The summed E-state index contributed by atoms with van der Waals surface area (Å²) in [6.45, 7) is 0. The number of rotatable bonds is 2. The van der Waals surface area contributed by atoms with E-state index in [4.69, 9.17) is 12.2 Å². The van der Waals surface area contributed by atoms with Crippen molar-refractivity contribution < 1.29 is 0 Å². The van der Waals surface area contributed by atoms with Gasteiger partial charge < -0.3 is 10.6 Å². The Hall–Kier alpha value is -0.310. The van der Waals surface area contributed by atoms with Crippen molar-refractivity contribution in [2.24, 2.45) is 5.92 Å². The van der Waals surface area contributed by atoms with E-state index in [0.29, 0.717) is 5.54 Å². The standard InChI is InChI=1S/C8H14N2S/c1-9-7(11)10-8(4-5-8)6-2-3-6/h6H,2-5H2,1H3,(H2,9,10,11). The first-order valence-corrected chi connectivity index (χ1v) is 4.67. The van der Waals surface area contributed by atoms with Crippen molar-refractivity contribution in [2.45, 2.75) is 31.2 Å². The average molecular weight is 170 g/mol. The third kappa shape index (κ3) is 1.34. The molecule has 0 aromatic rings. The lowest BCUT2D eigenvalue weighted by atomic mass is 10.1. The van der Waals surface area contributed by atoms with Crippen LogP contribution in [-0.4, -0.2) is 17.7 Å². The summed E-state index contributed by atoms with van der Waals surface area (Å²) in [5, 5.41) is 7.18. The zero-order chi connectivity index (χ0) is 7.90. The Morgan fingerprint density at radius 1 is 1.45 bits per heavy atom. The maximum absolute atomic E-state index is 5.07. The summed E-state index contributed by atoms with van der Waals surface area (Å²) < 4.78 is 0. The molecule has 0 heterocycles. The second-order valence-corrected chi connectivity index (χ2v) is 4.04. The predicted molar refractivity (Wildman–Crippen MR) is 49.5 cm³/mol. The van der Waals surface area contributed by atoms with E-state index in [1.165, 1.54) is 25.7 Å². The number of nitrogens with one attached hydrogen (secondary N) is 2. The van der Waals surface area contributed by atoms with Gasteiger partial charge in [-0.1, -0.05) is 0 Å². The van der Waals surface area contributed by atoms with Crippen LogP contribution in [0.2, 0.25) is 0 Å². The molecule has 2 fully saturated rings. The number of hydrogen-bond acceptors (Lipinski definition) is 1. The van der Waals surface area contributed by atoms with Crippen LogP contribution in [-0.2, 0) is 0 Å². The molecule has 0 unspecified atom stereocenters. The first kappa shape index (κ1) is 7.35. The van der Waals surface area contributed by atoms with E-state index in [0.717, 1.165) is 11.0 Å². The molecule has 2 saturated carbocycles. The Balaban J connectivity index is 1.88. The van der Waals surface area contributed by atoms with Crippen molar-refractivity contribution >= 4 is 17.3 Å². The fourth-order valence-corrected chi connectivity index (χ4v) is 1.90. The summed E-state index contributed by atoms with van der Waals surface area (Å²) in [6.07, 6.45) is 5.44. The fourth-order valence-electron chi connectivity index (χ4n) is 1.69. The molecule has 2 N–H and O–H groups in total. The zero-order valence-electron chi connectivity index (χ0n) is 6.81. The number of thiocarbonyl (C=S) groups is 1. The van der Waals surface area contributed by atoms with Gasteiger partial charge in [-0.2, -0.15) is 0 Å². The van der Waals surface area contributed by atoms with Gasteiger partial charge in [0.2, 0.25) is 0 Å². The molecule has 0 radical (unpaired) electrons. The topological polar surface area (TPSA) is 24.1 Å². The smallest absolute Gasteiger partial charge is 0.166 e. The van der Waals surface area contributed by atoms with Crippen molar-refractivity contribution in [1.82, 2.24) is 10.6 Å². The second kappa shape index (κ2) is 2.34. The molecule has 2 rings (SSSR count). The highest BCUT2D eigenvalue weighted by atomic mass is 32.1. The predicted octanol–water partition coefficient (Wildman–Crippen LogP) is 1.02. The highest BCUT2D eigenvalue weighted by molar-refractivity contribution is 7.80. The van der Waals surface area contributed by atoms with E-state index in [1.54, 1.807) is 0 Å². The van der Waals surface area contributed by atoms with Crippen LogP contribution in [0.25, 0.3) is 0 Å². The Morgan fingerprint density at radius 3 is 2.45 bits per heavy atom. The van der Waals surface area contributed by atoms with Crippen molar-refractivity contribution in [3.63, 3.8) is 0 Å². The van der Waals surface area contributed by atoms with Crippen LogP contribution >= 0.6 is 12.2 Å². The molecule has 3 heteroatoms. The molecule has 62 valence electrons. The molecule has 0 spiro atoms. The highest BCUT2D eigenvalue weighted by Crippen LogP contribution is 2.53. The fraction of sp³-hybridized carbons (Fsp3) is 0.875. The zero-order valence-corrected chi connectivity index (χ0v) is 7.63. The molecule has 0 bridgehead atoms. The summed E-state index contributed by atoms with van der Waals surface area (Å²) in [4.78, 5) is 0. The third-order valence-electron chi connectivity index (χ3n) is 2.74. The molecule has 0 aliphatic heterocycles. The Kier molecular flexibility index (Phi) is 1.56. The summed E-state index contributed by atoms with van der Waals surface area (Å²) in [6, 6.07) is 0. The molecule has 0 aromatic heterocycles. The Morgan fingerprint density at radius 2 is 2.09 bits per heavy atom. The van der Waals surface area contributed by atoms with Crippen LogP contribution in [0.3, 0.4) is 0 Å². The lowest BCUT2D eigenvalue weighted by Crippen LogP contribution is -2.43. The SMILES string of the molecule is CNC(=S)NC1(C2CC2)CC1. The maximum Gasteiger partial charge on any atom is 0.166 e. The van der Waals surface area contributed by atoms with E-state index < -0.39 is 0 Å². The molecule has 0 atom stereocenters. The largest absolute Gasteiger partial charge is 0.366 e. The minimum absolute atomic E-state index is 0.431. The lowest BCUT2D eigenvalue weighted by molar-refractivity contribution is 0.524. The van der Waals surface area contributed by atoms with Gasteiger partial charge in [0.15, 0.2) is 5.11 Å². The van der Waals surface area contributed by atoms with Crippen molar-refractivity contribution in [3.05, 3.63) is 0 Å². The van der Waals surface area contributed by atoms with Gasteiger partial charge in [-0.3, -0.25) is 0 Å². The van der Waals surface area contributed by atoms with Gasteiger partial charge >= 0.3 is 0 Å². The lowest BCUT2D eigenvalue weighted by Gasteiger charge is -2.17. The quantitative estimate of drug-likeness (QED) is 0.605. The van der Waals surface area contributed by atoms with E-state index in [-0.39, 0.29) is 0 Å². The number of hydrogen-bond donors (Lipinski definition) is 2.